The minimum Gasteiger partial charge on any atom is -0.392 e. The van der Waals surface area contributed by atoms with Gasteiger partial charge in [-0.2, -0.15) is 5.26 Å². The Bertz CT molecular complexity index is 1400. The molecular formula is C23H28FN3O6S2. The van der Waals surface area contributed by atoms with Crippen molar-refractivity contribution in [3.05, 3.63) is 57.9 Å². The molecule has 0 aromatic heterocycles. The number of aliphatic hydroxyl groups excluding tert-OH is 1. The number of nitriles is 1. The lowest BCUT2D eigenvalue weighted by atomic mass is 9.85. The molecule has 0 unspecified atom stereocenters. The van der Waals surface area contributed by atoms with Crippen molar-refractivity contribution < 1.29 is 31.1 Å². The third-order valence-electron chi connectivity index (χ3n) is 5.36. The predicted molar refractivity (Wildman–Crippen MR) is 127 cm³/mol. The van der Waals surface area contributed by atoms with Crippen LogP contribution in [0.1, 0.15) is 67.3 Å². The summed E-state index contributed by atoms with van der Waals surface area (Å²) < 4.78 is 69.1. The Morgan fingerprint density at radius 3 is 2.06 bits per heavy atom. The van der Waals surface area contributed by atoms with E-state index in [0.717, 1.165) is 25.2 Å². The Morgan fingerprint density at radius 2 is 1.60 bits per heavy atom. The molecule has 0 atom stereocenters. The Balaban J connectivity index is 2.53. The van der Waals surface area contributed by atoms with Crippen LogP contribution in [0.2, 0.25) is 0 Å². The molecule has 0 spiro atoms. The molecule has 35 heavy (non-hydrogen) atoms. The highest BCUT2D eigenvalue weighted by Gasteiger charge is 2.26. The zero-order valence-corrected chi connectivity index (χ0v) is 21.6. The first-order valence-electron chi connectivity index (χ1n) is 10.7. The lowest BCUT2D eigenvalue weighted by Crippen LogP contribution is -2.33. The summed E-state index contributed by atoms with van der Waals surface area (Å²) in [5, 5.41) is 18.8. The number of rotatable bonds is 9. The lowest BCUT2D eigenvalue weighted by molar-refractivity contribution is -0.118. The van der Waals surface area contributed by atoms with Crippen LogP contribution in [0.25, 0.3) is 0 Å². The monoisotopic (exact) mass is 525 g/mol. The normalized spacial score (nSPS) is 12.1. The van der Waals surface area contributed by atoms with Crippen molar-refractivity contribution in [3.63, 3.8) is 0 Å². The quantitative estimate of drug-likeness (QED) is 0.454. The van der Waals surface area contributed by atoms with Gasteiger partial charge in [0.25, 0.3) is 10.0 Å². The summed E-state index contributed by atoms with van der Waals surface area (Å²) in [5.41, 5.74) is 0.844. The summed E-state index contributed by atoms with van der Waals surface area (Å²) >= 11 is 0. The lowest BCUT2D eigenvalue weighted by Gasteiger charge is -2.21. The Hall–Kier alpha value is -2.85. The average Bonchev–Trinajstić information content (AvgIpc) is 2.77. The number of carbonyl (C=O) groups is 1. The predicted octanol–water partition coefficient (Wildman–Crippen LogP) is 2.39. The molecule has 2 aromatic carbocycles. The molecule has 0 saturated heterocycles. The SMILES string of the molecule is CNS(=O)(=O)c1cc(CO)cc(S(=O)(=O)NC(=O)Cc2c(C(C)C)cc(C#N)c(F)c2C(C)C)c1. The Labute approximate surface area is 205 Å². The molecule has 3 N–H and O–H groups in total. The number of hydrogen-bond donors (Lipinski definition) is 3. The second-order valence-electron chi connectivity index (χ2n) is 8.52. The van der Waals surface area contributed by atoms with E-state index in [-0.39, 0.29) is 22.6 Å². The number of hydrogen-bond acceptors (Lipinski definition) is 7. The topological polar surface area (TPSA) is 153 Å². The molecule has 0 aliphatic rings. The Morgan fingerprint density at radius 1 is 1.03 bits per heavy atom. The molecule has 0 heterocycles. The van der Waals surface area contributed by atoms with Crippen molar-refractivity contribution in [1.82, 2.24) is 9.44 Å². The minimum absolute atomic E-state index is 0.00694. The summed E-state index contributed by atoms with van der Waals surface area (Å²) in [6, 6.07) is 6.19. The van der Waals surface area contributed by atoms with E-state index in [0.29, 0.717) is 11.1 Å². The Kier molecular flexibility index (Phi) is 8.78. The summed E-state index contributed by atoms with van der Waals surface area (Å²) in [6.45, 7) is 6.38. The van der Waals surface area contributed by atoms with Crippen molar-refractivity contribution >= 4 is 26.0 Å². The highest BCUT2D eigenvalue weighted by atomic mass is 32.2. The number of aliphatic hydroxyl groups is 1. The molecule has 0 aliphatic carbocycles. The van der Waals surface area contributed by atoms with Crippen LogP contribution in [-0.2, 0) is 37.9 Å². The van der Waals surface area contributed by atoms with Gasteiger partial charge in [-0.3, -0.25) is 4.79 Å². The van der Waals surface area contributed by atoms with Crippen LogP contribution < -0.4 is 9.44 Å². The molecule has 0 saturated carbocycles. The van der Waals surface area contributed by atoms with E-state index in [1.54, 1.807) is 27.7 Å². The molecule has 0 fully saturated rings. The fourth-order valence-corrected chi connectivity index (χ4v) is 5.67. The highest BCUT2D eigenvalue weighted by Crippen LogP contribution is 2.33. The summed E-state index contributed by atoms with van der Waals surface area (Å²) in [7, 11) is -7.43. The van der Waals surface area contributed by atoms with E-state index in [4.69, 9.17) is 0 Å². The first kappa shape index (κ1) is 28.4. The number of benzene rings is 2. The molecule has 0 bridgehead atoms. The van der Waals surface area contributed by atoms with Gasteiger partial charge in [0.2, 0.25) is 15.9 Å². The van der Waals surface area contributed by atoms with E-state index in [2.05, 4.69) is 4.72 Å². The fraction of sp³-hybridized carbons (Fsp3) is 0.391. The van der Waals surface area contributed by atoms with Gasteiger partial charge in [0.05, 0.1) is 28.4 Å². The van der Waals surface area contributed by atoms with Crippen molar-refractivity contribution in [2.24, 2.45) is 0 Å². The molecule has 12 heteroatoms. The van der Waals surface area contributed by atoms with Crippen LogP contribution in [0.4, 0.5) is 4.39 Å². The molecule has 2 rings (SSSR count). The molecule has 2 aromatic rings. The summed E-state index contributed by atoms with van der Waals surface area (Å²) in [4.78, 5) is 11.9. The minimum atomic E-state index is -4.54. The van der Waals surface area contributed by atoms with Crippen LogP contribution in [0.5, 0.6) is 0 Å². The van der Waals surface area contributed by atoms with Gasteiger partial charge in [-0.05, 0) is 65.4 Å². The maximum Gasteiger partial charge on any atom is 0.264 e. The maximum absolute atomic E-state index is 15.0. The van der Waals surface area contributed by atoms with E-state index >= 15 is 0 Å². The van der Waals surface area contributed by atoms with Crippen molar-refractivity contribution in [1.29, 1.82) is 5.26 Å². The summed E-state index contributed by atoms with van der Waals surface area (Å²) in [6.07, 6.45) is -0.482. The van der Waals surface area contributed by atoms with Gasteiger partial charge in [-0.1, -0.05) is 27.7 Å². The smallest absolute Gasteiger partial charge is 0.264 e. The van der Waals surface area contributed by atoms with Crippen molar-refractivity contribution in [2.45, 2.75) is 62.3 Å². The first-order chi connectivity index (χ1) is 16.2. The van der Waals surface area contributed by atoms with Gasteiger partial charge in [0, 0.05) is 0 Å². The highest BCUT2D eigenvalue weighted by molar-refractivity contribution is 7.90. The van der Waals surface area contributed by atoms with Crippen LogP contribution in [0.3, 0.4) is 0 Å². The third-order valence-corrected chi connectivity index (χ3v) is 8.11. The van der Waals surface area contributed by atoms with E-state index in [1.807, 2.05) is 10.8 Å². The van der Waals surface area contributed by atoms with Gasteiger partial charge in [0.1, 0.15) is 11.9 Å². The van der Waals surface area contributed by atoms with Gasteiger partial charge < -0.3 is 5.11 Å². The standard InChI is InChI=1S/C23H28FN3O6S2/c1-13(2)19-8-16(11-25)23(24)22(14(3)4)20(19)10-21(29)27-35(32,33)18-7-15(12-28)6-17(9-18)34(30,31)26-5/h6-9,13-14,26,28H,10,12H2,1-5H3,(H,27,29). The molecule has 1 amide bonds. The maximum atomic E-state index is 15.0. The first-order valence-corrected chi connectivity index (χ1v) is 13.6. The number of nitrogens with one attached hydrogen (secondary N) is 2. The molecule has 0 radical (unpaired) electrons. The fourth-order valence-electron chi connectivity index (χ4n) is 3.69. The van der Waals surface area contributed by atoms with E-state index in [9.17, 15) is 36.4 Å². The van der Waals surface area contributed by atoms with Crippen LogP contribution >= 0.6 is 0 Å². The zero-order chi connectivity index (χ0) is 26.7. The second-order valence-corrected chi connectivity index (χ2v) is 12.1. The molecular weight excluding hydrogens is 497 g/mol. The van der Waals surface area contributed by atoms with Gasteiger partial charge >= 0.3 is 0 Å². The molecule has 0 aliphatic heterocycles. The second kappa shape index (κ2) is 10.8. The summed E-state index contributed by atoms with van der Waals surface area (Å²) in [5.74, 6) is -2.30. The molecule has 190 valence electrons. The third kappa shape index (κ3) is 6.24. The largest absolute Gasteiger partial charge is 0.392 e. The van der Waals surface area contributed by atoms with Crippen molar-refractivity contribution in [3.8, 4) is 6.07 Å². The number of amides is 1. The number of halogens is 1. The van der Waals surface area contributed by atoms with Gasteiger partial charge in [0.15, 0.2) is 0 Å². The van der Waals surface area contributed by atoms with Gasteiger partial charge in [-0.25, -0.2) is 30.7 Å². The van der Waals surface area contributed by atoms with Gasteiger partial charge in [-0.15, -0.1) is 0 Å². The molecule has 9 nitrogen and oxygen atoms in total. The van der Waals surface area contributed by atoms with Crippen LogP contribution in [0.15, 0.2) is 34.1 Å². The average molecular weight is 526 g/mol. The van der Waals surface area contributed by atoms with Crippen LogP contribution in [0, 0.1) is 17.1 Å². The number of sulfonamides is 2. The van der Waals surface area contributed by atoms with E-state index in [1.165, 1.54) is 6.07 Å². The van der Waals surface area contributed by atoms with E-state index < -0.39 is 60.5 Å². The number of carbonyl (C=O) groups excluding carboxylic acids is 1. The number of nitrogens with zero attached hydrogens (tertiary/aromatic N) is 1. The van der Waals surface area contributed by atoms with Crippen LogP contribution in [-0.4, -0.2) is 34.9 Å². The zero-order valence-electron chi connectivity index (χ0n) is 20.0. The van der Waals surface area contributed by atoms with Crippen molar-refractivity contribution in [2.75, 3.05) is 7.05 Å².